The van der Waals surface area contributed by atoms with E-state index in [-0.39, 0.29) is 5.91 Å². The van der Waals surface area contributed by atoms with Gasteiger partial charge in [-0.25, -0.2) is 4.98 Å². The van der Waals surface area contributed by atoms with Gasteiger partial charge in [-0.3, -0.25) is 9.20 Å². The number of aliphatic hydroxyl groups excluding tert-OH is 1. The summed E-state index contributed by atoms with van der Waals surface area (Å²) in [5.74, 6) is 0.598. The molecule has 33 heavy (non-hydrogen) atoms. The van der Waals surface area contributed by atoms with E-state index in [1.54, 1.807) is 18.5 Å². The minimum atomic E-state index is -0.709. The average Bonchev–Trinajstić information content (AvgIpc) is 3.34. The number of carbonyl (C=O) groups excluding carboxylic acids is 1. The Kier molecular flexibility index (Phi) is 6.13. The van der Waals surface area contributed by atoms with Crippen molar-refractivity contribution in [1.29, 1.82) is 0 Å². The third-order valence-electron chi connectivity index (χ3n) is 6.41. The molecule has 0 saturated heterocycles. The van der Waals surface area contributed by atoms with Gasteiger partial charge in [0.25, 0.3) is 5.91 Å². The number of nitrogens with zero attached hydrogens (tertiary/aromatic N) is 2. The monoisotopic (exact) mass is 443 g/mol. The SMILES string of the molecule is O=C(NCC1CCCCC1)c1ccc(Nc2ccc(C3=CC(O)NC=C3)n3ccnc23)cc1. The molecule has 0 bridgehead atoms. The molecule has 1 aliphatic carbocycles. The fourth-order valence-corrected chi connectivity index (χ4v) is 4.62. The number of benzene rings is 1. The van der Waals surface area contributed by atoms with Gasteiger partial charge in [-0.1, -0.05) is 19.3 Å². The fraction of sp³-hybridized carbons (Fsp3) is 0.308. The molecule has 3 heterocycles. The Bertz CT molecular complexity index is 1190. The van der Waals surface area contributed by atoms with Crippen molar-refractivity contribution in [3.05, 3.63) is 78.4 Å². The highest BCUT2D eigenvalue weighted by Crippen LogP contribution is 2.27. The van der Waals surface area contributed by atoms with Gasteiger partial charge in [0.2, 0.25) is 0 Å². The third-order valence-corrected chi connectivity index (χ3v) is 6.41. The van der Waals surface area contributed by atoms with E-state index in [4.69, 9.17) is 0 Å². The van der Waals surface area contributed by atoms with Gasteiger partial charge in [-0.2, -0.15) is 0 Å². The molecule has 7 nitrogen and oxygen atoms in total. The molecule has 0 radical (unpaired) electrons. The molecular weight excluding hydrogens is 414 g/mol. The second kappa shape index (κ2) is 9.50. The van der Waals surface area contributed by atoms with E-state index in [0.29, 0.717) is 11.5 Å². The minimum absolute atomic E-state index is 0.0161. The molecule has 5 rings (SSSR count). The fourth-order valence-electron chi connectivity index (χ4n) is 4.62. The van der Waals surface area contributed by atoms with Crippen molar-refractivity contribution >= 4 is 28.5 Å². The zero-order valence-electron chi connectivity index (χ0n) is 18.5. The Morgan fingerprint density at radius 3 is 2.73 bits per heavy atom. The third kappa shape index (κ3) is 4.78. The number of hydrogen-bond acceptors (Lipinski definition) is 5. The molecule has 7 heteroatoms. The Morgan fingerprint density at radius 1 is 1.12 bits per heavy atom. The van der Waals surface area contributed by atoms with Crippen LogP contribution in [0.4, 0.5) is 11.4 Å². The molecular formula is C26H29N5O2. The predicted octanol–water partition coefficient (Wildman–Crippen LogP) is 4.21. The number of rotatable bonds is 6. The first-order valence-corrected chi connectivity index (χ1v) is 11.6. The van der Waals surface area contributed by atoms with Crippen LogP contribution in [0.5, 0.6) is 0 Å². The van der Waals surface area contributed by atoms with Gasteiger partial charge < -0.3 is 21.1 Å². The smallest absolute Gasteiger partial charge is 0.251 e. The van der Waals surface area contributed by atoms with Crippen molar-refractivity contribution < 1.29 is 9.90 Å². The summed E-state index contributed by atoms with van der Waals surface area (Å²) >= 11 is 0. The standard InChI is InChI=1S/C26H29N5O2/c32-24-16-20(12-13-27-24)23-11-10-22(25-28-14-15-31(23)25)30-21-8-6-19(7-9-21)26(33)29-17-18-4-2-1-3-5-18/h6-16,18,24,27,30,32H,1-5,17H2,(H,29,33). The maximum atomic E-state index is 12.5. The van der Waals surface area contributed by atoms with Crippen LogP contribution in [0.2, 0.25) is 0 Å². The summed E-state index contributed by atoms with van der Waals surface area (Å²) in [4.78, 5) is 17.0. The lowest BCUT2D eigenvalue weighted by Crippen LogP contribution is -2.30. The number of allylic oxidation sites excluding steroid dienone is 2. The van der Waals surface area contributed by atoms with E-state index in [2.05, 4.69) is 20.9 Å². The molecule has 1 aromatic carbocycles. The van der Waals surface area contributed by atoms with Gasteiger partial charge in [-0.05, 0) is 73.5 Å². The molecule has 4 N–H and O–H groups in total. The van der Waals surface area contributed by atoms with Crippen LogP contribution < -0.4 is 16.0 Å². The number of anilines is 2. The first-order chi connectivity index (χ1) is 16.2. The van der Waals surface area contributed by atoms with Crippen LogP contribution in [0.25, 0.3) is 11.2 Å². The number of pyridine rings is 1. The summed E-state index contributed by atoms with van der Waals surface area (Å²) in [6.45, 7) is 0.766. The van der Waals surface area contributed by atoms with Crippen LogP contribution in [0.1, 0.15) is 48.2 Å². The van der Waals surface area contributed by atoms with Crippen molar-refractivity contribution in [3.63, 3.8) is 0 Å². The van der Waals surface area contributed by atoms with Crippen LogP contribution in [0.15, 0.2) is 67.1 Å². The average molecular weight is 444 g/mol. The van der Waals surface area contributed by atoms with Gasteiger partial charge in [-0.15, -0.1) is 0 Å². The number of dihydropyridines is 1. The van der Waals surface area contributed by atoms with Crippen molar-refractivity contribution in [2.45, 2.75) is 38.3 Å². The van der Waals surface area contributed by atoms with Crippen molar-refractivity contribution in [2.75, 3.05) is 11.9 Å². The summed E-state index contributed by atoms with van der Waals surface area (Å²) < 4.78 is 1.99. The Labute approximate surface area is 193 Å². The van der Waals surface area contributed by atoms with E-state index in [1.165, 1.54) is 32.1 Å². The number of nitrogens with one attached hydrogen (secondary N) is 3. The lowest BCUT2D eigenvalue weighted by atomic mass is 9.89. The maximum Gasteiger partial charge on any atom is 0.251 e. The summed E-state index contributed by atoms with van der Waals surface area (Å²) in [6.07, 6.45) is 14.7. The zero-order valence-corrected chi connectivity index (χ0v) is 18.5. The van der Waals surface area contributed by atoms with Gasteiger partial charge >= 0.3 is 0 Å². The van der Waals surface area contributed by atoms with Crippen molar-refractivity contribution in [2.24, 2.45) is 5.92 Å². The summed E-state index contributed by atoms with van der Waals surface area (Å²) in [6, 6.07) is 11.5. The van der Waals surface area contributed by atoms with Gasteiger partial charge in [0, 0.05) is 35.8 Å². The number of amides is 1. The van der Waals surface area contributed by atoms with Gasteiger partial charge in [0.1, 0.15) is 6.23 Å². The highest BCUT2D eigenvalue weighted by Gasteiger charge is 2.15. The Morgan fingerprint density at radius 2 is 1.94 bits per heavy atom. The molecule has 2 aliphatic rings. The van der Waals surface area contributed by atoms with Gasteiger partial charge in [0.15, 0.2) is 5.65 Å². The molecule has 1 fully saturated rings. The zero-order chi connectivity index (χ0) is 22.6. The van der Waals surface area contributed by atoms with Crippen LogP contribution in [0, 0.1) is 5.92 Å². The lowest BCUT2D eigenvalue weighted by molar-refractivity contribution is 0.0943. The molecule has 1 amide bonds. The summed E-state index contributed by atoms with van der Waals surface area (Å²) in [5, 5.41) is 19.2. The second-order valence-corrected chi connectivity index (χ2v) is 8.74. The van der Waals surface area contributed by atoms with E-state index in [0.717, 1.165) is 34.8 Å². The first-order valence-electron chi connectivity index (χ1n) is 11.6. The number of aliphatic hydroxyl groups is 1. The number of fused-ring (bicyclic) bond motifs is 1. The molecule has 0 spiro atoms. The maximum absolute atomic E-state index is 12.5. The van der Waals surface area contributed by atoms with Crippen LogP contribution in [0.3, 0.4) is 0 Å². The van der Waals surface area contributed by atoms with Gasteiger partial charge in [0.05, 0.1) is 11.4 Å². The molecule has 2 aromatic heterocycles. The number of hydrogen-bond donors (Lipinski definition) is 4. The second-order valence-electron chi connectivity index (χ2n) is 8.74. The molecule has 1 atom stereocenters. The quantitative estimate of drug-likeness (QED) is 0.458. The topological polar surface area (TPSA) is 90.7 Å². The van der Waals surface area contributed by atoms with Crippen molar-refractivity contribution in [1.82, 2.24) is 20.0 Å². The first kappa shape index (κ1) is 21.3. The molecule has 3 aromatic rings. The van der Waals surface area contributed by atoms with Crippen molar-refractivity contribution in [3.8, 4) is 0 Å². The Balaban J connectivity index is 1.28. The highest BCUT2D eigenvalue weighted by molar-refractivity contribution is 5.94. The van der Waals surface area contributed by atoms with E-state index >= 15 is 0 Å². The lowest BCUT2D eigenvalue weighted by Gasteiger charge is -2.21. The van der Waals surface area contributed by atoms with Crippen LogP contribution >= 0.6 is 0 Å². The van der Waals surface area contributed by atoms with E-state index in [1.807, 2.05) is 53.1 Å². The highest BCUT2D eigenvalue weighted by atomic mass is 16.3. The number of carbonyl (C=O) groups is 1. The van der Waals surface area contributed by atoms with Crippen LogP contribution in [-0.4, -0.2) is 33.2 Å². The Hall–Kier alpha value is -3.58. The number of imidazole rings is 1. The largest absolute Gasteiger partial charge is 0.370 e. The van der Waals surface area contributed by atoms with Crippen LogP contribution in [-0.2, 0) is 0 Å². The molecule has 1 saturated carbocycles. The summed E-state index contributed by atoms with van der Waals surface area (Å²) in [5.41, 5.74) is 5.05. The molecule has 1 aliphatic heterocycles. The minimum Gasteiger partial charge on any atom is -0.370 e. The number of aromatic nitrogens is 2. The van der Waals surface area contributed by atoms with E-state index in [9.17, 15) is 9.90 Å². The predicted molar refractivity (Wildman–Crippen MR) is 130 cm³/mol. The summed E-state index contributed by atoms with van der Waals surface area (Å²) in [7, 11) is 0. The molecule has 170 valence electrons. The normalized spacial score (nSPS) is 18.6. The molecule has 1 unspecified atom stereocenters. The van der Waals surface area contributed by atoms with E-state index < -0.39 is 6.23 Å².